The second kappa shape index (κ2) is 6.43. The van der Waals surface area contributed by atoms with Gasteiger partial charge >= 0.3 is 6.18 Å². The van der Waals surface area contributed by atoms with Crippen LogP contribution in [-0.2, 0) is 6.18 Å². The molecular weight excluding hydrogens is 329 g/mol. The van der Waals surface area contributed by atoms with Crippen molar-refractivity contribution in [2.75, 3.05) is 36.4 Å². The number of nitrogens with one attached hydrogen (secondary N) is 2. The molecule has 3 rings (SSSR count). The number of alkyl halides is 3. The molecular formula is C13H13F3N6O2. The molecule has 0 spiro atoms. The van der Waals surface area contributed by atoms with Crippen LogP contribution in [0.1, 0.15) is 16.2 Å². The first-order chi connectivity index (χ1) is 11.4. The summed E-state index contributed by atoms with van der Waals surface area (Å²) in [7, 11) is 0. The summed E-state index contributed by atoms with van der Waals surface area (Å²) < 4.78 is 42.3. The average molecular weight is 342 g/mol. The van der Waals surface area contributed by atoms with Crippen LogP contribution in [0.5, 0.6) is 0 Å². The topological polar surface area (TPSA) is 96.2 Å². The van der Waals surface area contributed by atoms with Gasteiger partial charge < -0.3 is 20.0 Å². The van der Waals surface area contributed by atoms with E-state index in [0.29, 0.717) is 12.3 Å². The summed E-state index contributed by atoms with van der Waals surface area (Å²) in [6.45, 7) is 3.13. The van der Waals surface area contributed by atoms with E-state index in [-0.39, 0.29) is 5.69 Å². The maximum atomic E-state index is 12.7. The zero-order valence-electron chi connectivity index (χ0n) is 12.3. The van der Waals surface area contributed by atoms with E-state index in [0.717, 1.165) is 26.2 Å². The van der Waals surface area contributed by atoms with Gasteiger partial charge in [0.15, 0.2) is 12.1 Å². The van der Waals surface area contributed by atoms with Gasteiger partial charge in [-0.15, -0.1) is 0 Å². The minimum Gasteiger partial charge on any atom is -0.438 e. The Labute approximate surface area is 134 Å². The summed E-state index contributed by atoms with van der Waals surface area (Å²) >= 11 is 0. The van der Waals surface area contributed by atoms with Crippen LogP contribution in [0.25, 0.3) is 0 Å². The lowest BCUT2D eigenvalue weighted by atomic mass is 10.3. The summed E-state index contributed by atoms with van der Waals surface area (Å²) in [6.07, 6.45) is -1.57. The molecule has 0 atom stereocenters. The normalized spacial score (nSPS) is 15.4. The molecule has 1 saturated heterocycles. The van der Waals surface area contributed by atoms with Crippen molar-refractivity contribution in [1.29, 1.82) is 0 Å². The number of nitrogens with zero attached hydrogens (tertiary/aromatic N) is 4. The maximum absolute atomic E-state index is 12.7. The first-order valence-corrected chi connectivity index (χ1v) is 7.05. The lowest BCUT2D eigenvalue weighted by Crippen LogP contribution is -2.44. The minimum absolute atomic E-state index is 0.162. The Morgan fingerprint density at radius 1 is 1.21 bits per heavy atom. The molecule has 1 aliphatic heterocycles. The van der Waals surface area contributed by atoms with Gasteiger partial charge in [0.2, 0.25) is 11.7 Å². The van der Waals surface area contributed by atoms with E-state index in [9.17, 15) is 18.0 Å². The third-order valence-corrected chi connectivity index (χ3v) is 3.34. The fraction of sp³-hybridized carbons (Fsp3) is 0.385. The number of aromatic nitrogens is 3. The summed E-state index contributed by atoms with van der Waals surface area (Å²) in [5.41, 5.74) is -0.677. The number of piperazine rings is 1. The first-order valence-electron chi connectivity index (χ1n) is 7.05. The molecule has 1 aliphatic rings. The molecule has 0 radical (unpaired) electrons. The van der Waals surface area contributed by atoms with Crippen molar-refractivity contribution in [3.63, 3.8) is 0 Å². The van der Waals surface area contributed by atoms with Crippen molar-refractivity contribution >= 4 is 17.5 Å². The lowest BCUT2D eigenvalue weighted by molar-refractivity contribution is -0.153. The third kappa shape index (κ3) is 3.45. The molecule has 8 nitrogen and oxygen atoms in total. The summed E-state index contributed by atoms with van der Waals surface area (Å²) in [6, 6.07) is 0. The number of anilines is 2. The van der Waals surface area contributed by atoms with E-state index >= 15 is 0 Å². The molecule has 0 bridgehead atoms. The van der Waals surface area contributed by atoms with Crippen molar-refractivity contribution in [2.45, 2.75) is 6.18 Å². The molecule has 1 amide bonds. The highest BCUT2D eigenvalue weighted by atomic mass is 19.4. The van der Waals surface area contributed by atoms with Crippen molar-refractivity contribution < 1.29 is 22.4 Å². The minimum atomic E-state index is -4.80. The first kappa shape index (κ1) is 16.2. The van der Waals surface area contributed by atoms with Crippen LogP contribution < -0.4 is 15.5 Å². The quantitative estimate of drug-likeness (QED) is 0.863. The molecule has 0 unspecified atom stereocenters. The van der Waals surface area contributed by atoms with Gasteiger partial charge in [-0.2, -0.15) is 13.2 Å². The average Bonchev–Trinajstić information content (AvgIpc) is 3.06. The number of carbonyl (C=O) groups is 1. The fourth-order valence-corrected chi connectivity index (χ4v) is 2.21. The molecule has 11 heteroatoms. The monoisotopic (exact) mass is 342 g/mol. The molecule has 0 aromatic carbocycles. The molecule has 2 N–H and O–H groups in total. The number of oxazole rings is 1. The van der Waals surface area contributed by atoms with Crippen molar-refractivity contribution in [3.8, 4) is 0 Å². The van der Waals surface area contributed by atoms with E-state index in [1.54, 1.807) is 0 Å². The third-order valence-electron chi connectivity index (χ3n) is 3.34. The number of hydrogen-bond donors (Lipinski definition) is 2. The molecule has 0 saturated carbocycles. The summed E-state index contributed by atoms with van der Waals surface area (Å²) in [5.74, 6) is -2.00. The predicted molar refractivity (Wildman–Crippen MR) is 76.6 cm³/mol. The summed E-state index contributed by atoms with van der Waals surface area (Å²) in [5, 5.41) is 5.46. The number of amides is 1. The smallest absolute Gasteiger partial charge is 0.438 e. The molecule has 24 heavy (non-hydrogen) atoms. The molecule has 128 valence electrons. The Kier molecular flexibility index (Phi) is 4.34. The van der Waals surface area contributed by atoms with E-state index in [4.69, 9.17) is 0 Å². The number of carbonyl (C=O) groups excluding carboxylic acids is 1. The van der Waals surface area contributed by atoms with Crippen LogP contribution in [0, 0.1) is 0 Å². The van der Waals surface area contributed by atoms with Gasteiger partial charge in [-0.05, 0) is 0 Å². The van der Waals surface area contributed by atoms with Gasteiger partial charge in [-0.25, -0.2) is 15.0 Å². The maximum Gasteiger partial charge on any atom is 0.452 e. The largest absolute Gasteiger partial charge is 0.452 e. The van der Waals surface area contributed by atoms with E-state index < -0.39 is 23.5 Å². The van der Waals surface area contributed by atoms with Gasteiger partial charge in [0, 0.05) is 26.2 Å². The van der Waals surface area contributed by atoms with Crippen molar-refractivity contribution in [1.82, 2.24) is 20.3 Å². The van der Waals surface area contributed by atoms with E-state index in [2.05, 4.69) is 30.0 Å². The van der Waals surface area contributed by atoms with Crippen LogP contribution in [-0.4, -0.2) is 47.0 Å². The summed E-state index contributed by atoms with van der Waals surface area (Å²) in [4.78, 5) is 25.4. The Balaban J connectivity index is 1.70. The number of hydrogen-bond acceptors (Lipinski definition) is 7. The Hall–Kier alpha value is -2.69. The Bertz CT molecular complexity index is 709. The Morgan fingerprint density at radius 2 is 1.88 bits per heavy atom. The Morgan fingerprint density at radius 3 is 2.50 bits per heavy atom. The van der Waals surface area contributed by atoms with Gasteiger partial charge in [-0.3, -0.25) is 4.79 Å². The molecule has 1 fully saturated rings. The molecule has 2 aromatic rings. The highest BCUT2D eigenvalue weighted by molar-refractivity contribution is 6.03. The standard InChI is InChI=1S/C13H13F3N6O2/c14-13(15,16)10-9(20-7-24-10)11(23)21-8-5-18-12(19-6-8)22-3-1-17-2-4-22/h5-7,17H,1-4H2,(H,21,23). The lowest BCUT2D eigenvalue weighted by Gasteiger charge is -2.27. The second-order valence-corrected chi connectivity index (χ2v) is 4.99. The number of rotatable bonds is 3. The molecule has 0 aliphatic carbocycles. The van der Waals surface area contributed by atoms with E-state index in [1.165, 1.54) is 12.4 Å². The zero-order valence-corrected chi connectivity index (χ0v) is 12.3. The van der Waals surface area contributed by atoms with Crippen molar-refractivity contribution in [3.05, 3.63) is 30.2 Å². The van der Waals surface area contributed by atoms with Gasteiger partial charge in [0.1, 0.15) is 0 Å². The fourth-order valence-electron chi connectivity index (χ4n) is 2.21. The van der Waals surface area contributed by atoms with Crippen LogP contribution in [0.3, 0.4) is 0 Å². The highest BCUT2D eigenvalue weighted by Gasteiger charge is 2.40. The van der Waals surface area contributed by atoms with Crippen LogP contribution >= 0.6 is 0 Å². The number of halogens is 3. The highest BCUT2D eigenvalue weighted by Crippen LogP contribution is 2.31. The zero-order chi connectivity index (χ0) is 17.2. The van der Waals surface area contributed by atoms with Crippen LogP contribution in [0.15, 0.2) is 23.2 Å². The van der Waals surface area contributed by atoms with Crippen LogP contribution in [0.2, 0.25) is 0 Å². The van der Waals surface area contributed by atoms with Gasteiger partial charge in [-0.1, -0.05) is 0 Å². The molecule has 2 aromatic heterocycles. The van der Waals surface area contributed by atoms with Gasteiger partial charge in [0.05, 0.1) is 18.1 Å². The van der Waals surface area contributed by atoms with Gasteiger partial charge in [0.25, 0.3) is 5.91 Å². The SMILES string of the molecule is O=C(Nc1cnc(N2CCNCC2)nc1)c1ncoc1C(F)(F)F. The predicted octanol–water partition coefficient (Wildman–Crippen LogP) is 1.15. The second-order valence-electron chi connectivity index (χ2n) is 4.99. The van der Waals surface area contributed by atoms with Crippen LogP contribution in [0.4, 0.5) is 24.8 Å². The van der Waals surface area contributed by atoms with Crippen molar-refractivity contribution in [2.24, 2.45) is 0 Å². The molecule has 3 heterocycles. The van der Waals surface area contributed by atoms with E-state index in [1.807, 2.05) is 4.90 Å².